The smallest absolute Gasteiger partial charge is 0.141 e. The summed E-state index contributed by atoms with van der Waals surface area (Å²) in [7, 11) is 0. The highest BCUT2D eigenvalue weighted by atomic mass is 16.1. The van der Waals surface area contributed by atoms with Crippen molar-refractivity contribution in [2.24, 2.45) is 17.3 Å². The van der Waals surface area contributed by atoms with Crippen molar-refractivity contribution < 1.29 is 4.79 Å². The third-order valence-electron chi connectivity index (χ3n) is 2.65. The third kappa shape index (κ3) is 2.96. The first-order chi connectivity index (χ1) is 5.30. The maximum atomic E-state index is 11.8. The van der Waals surface area contributed by atoms with Crippen LogP contribution in [0.25, 0.3) is 0 Å². The van der Waals surface area contributed by atoms with Gasteiger partial charge < -0.3 is 0 Å². The Morgan fingerprint density at radius 1 is 1.25 bits per heavy atom. The molecule has 2 unspecified atom stereocenters. The van der Waals surface area contributed by atoms with Gasteiger partial charge in [-0.3, -0.25) is 4.79 Å². The van der Waals surface area contributed by atoms with E-state index in [1.807, 2.05) is 27.7 Å². The quantitative estimate of drug-likeness (QED) is 0.635. The Labute approximate surface area is 76.6 Å². The Balaban J connectivity index is 4.30. The van der Waals surface area contributed by atoms with Crippen LogP contribution in [0.3, 0.4) is 0 Å². The number of hydrogen-bond donors (Lipinski definition) is 0. The van der Waals surface area contributed by atoms with Crippen LogP contribution in [0, 0.1) is 17.3 Å². The van der Waals surface area contributed by atoms with E-state index in [0.29, 0.717) is 11.7 Å². The lowest BCUT2D eigenvalue weighted by Crippen LogP contribution is -2.30. The molecule has 0 radical (unpaired) electrons. The van der Waals surface area contributed by atoms with Gasteiger partial charge in [-0.1, -0.05) is 48.0 Å². The Bertz CT molecular complexity index is 153. The second kappa shape index (κ2) is 4.06. The van der Waals surface area contributed by atoms with Gasteiger partial charge in [0.1, 0.15) is 5.78 Å². The lowest BCUT2D eigenvalue weighted by Gasteiger charge is -2.25. The molecule has 0 heterocycles. The Kier molecular flexibility index (Phi) is 3.95. The molecule has 1 nitrogen and oxygen atoms in total. The van der Waals surface area contributed by atoms with E-state index >= 15 is 0 Å². The maximum absolute atomic E-state index is 11.8. The van der Waals surface area contributed by atoms with Crippen LogP contribution in [0.4, 0.5) is 0 Å². The Morgan fingerprint density at radius 2 is 1.67 bits per heavy atom. The SMILES string of the molecule is CCC(C)C(C)C(=O)C(C)(C)C. The minimum atomic E-state index is -0.178. The Morgan fingerprint density at radius 3 is 1.92 bits per heavy atom. The third-order valence-corrected chi connectivity index (χ3v) is 2.65. The van der Waals surface area contributed by atoms with Crippen LogP contribution in [0.1, 0.15) is 48.0 Å². The summed E-state index contributed by atoms with van der Waals surface area (Å²) < 4.78 is 0. The molecule has 0 aliphatic carbocycles. The van der Waals surface area contributed by atoms with Gasteiger partial charge in [0.25, 0.3) is 0 Å². The second-order valence-corrected chi connectivity index (χ2v) is 4.79. The number of carbonyl (C=O) groups excluding carboxylic acids is 1. The summed E-state index contributed by atoms with van der Waals surface area (Å²) in [4.78, 5) is 11.8. The molecule has 0 rings (SSSR count). The summed E-state index contributed by atoms with van der Waals surface area (Å²) in [6, 6.07) is 0. The van der Waals surface area contributed by atoms with E-state index in [0.717, 1.165) is 6.42 Å². The minimum Gasteiger partial charge on any atom is -0.299 e. The monoisotopic (exact) mass is 170 g/mol. The van der Waals surface area contributed by atoms with E-state index in [9.17, 15) is 4.79 Å². The summed E-state index contributed by atoms with van der Waals surface area (Å²) in [6.07, 6.45) is 1.09. The molecule has 72 valence electrons. The second-order valence-electron chi connectivity index (χ2n) is 4.79. The number of carbonyl (C=O) groups is 1. The summed E-state index contributed by atoms with van der Waals surface area (Å²) in [5, 5.41) is 0. The summed E-state index contributed by atoms with van der Waals surface area (Å²) >= 11 is 0. The van der Waals surface area contributed by atoms with Crippen molar-refractivity contribution in [2.45, 2.75) is 48.0 Å². The highest BCUT2D eigenvalue weighted by molar-refractivity contribution is 5.85. The molecule has 1 heteroatoms. The first-order valence-corrected chi connectivity index (χ1v) is 4.85. The van der Waals surface area contributed by atoms with Gasteiger partial charge in [-0.05, 0) is 5.92 Å². The summed E-state index contributed by atoms with van der Waals surface area (Å²) in [5.41, 5.74) is -0.178. The van der Waals surface area contributed by atoms with E-state index in [1.54, 1.807) is 0 Å². The molecule has 0 aliphatic heterocycles. The molecule has 0 saturated heterocycles. The zero-order valence-electron chi connectivity index (χ0n) is 9.27. The zero-order valence-corrected chi connectivity index (χ0v) is 9.27. The standard InChI is InChI=1S/C11H22O/c1-7-8(2)9(3)10(12)11(4,5)6/h8-9H,7H2,1-6H3. The van der Waals surface area contributed by atoms with E-state index < -0.39 is 0 Å². The van der Waals surface area contributed by atoms with Crippen molar-refractivity contribution in [3.63, 3.8) is 0 Å². The fraction of sp³-hybridized carbons (Fsp3) is 0.909. The van der Waals surface area contributed by atoms with Crippen LogP contribution in [0.2, 0.25) is 0 Å². The molecular formula is C11H22O. The normalized spacial score (nSPS) is 17.2. The highest BCUT2D eigenvalue weighted by Crippen LogP contribution is 2.25. The molecule has 2 atom stereocenters. The average Bonchev–Trinajstić information content (AvgIpc) is 1.98. The van der Waals surface area contributed by atoms with Crippen molar-refractivity contribution >= 4 is 5.78 Å². The lowest BCUT2D eigenvalue weighted by molar-refractivity contribution is -0.131. The topological polar surface area (TPSA) is 17.1 Å². The van der Waals surface area contributed by atoms with E-state index in [-0.39, 0.29) is 11.3 Å². The van der Waals surface area contributed by atoms with E-state index in [2.05, 4.69) is 13.8 Å². The molecular weight excluding hydrogens is 148 g/mol. The molecule has 12 heavy (non-hydrogen) atoms. The van der Waals surface area contributed by atoms with Gasteiger partial charge in [-0.25, -0.2) is 0 Å². The van der Waals surface area contributed by atoms with Crippen molar-refractivity contribution in [3.05, 3.63) is 0 Å². The highest BCUT2D eigenvalue weighted by Gasteiger charge is 2.28. The summed E-state index contributed by atoms with van der Waals surface area (Å²) in [5.74, 6) is 1.10. The van der Waals surface area contributed by atoms with Gasteiger partial charge in [0, 0.05) is 11.3 Å². The molecule has 0 fully saturated rings. The number of rotatable bonds is 3. The fourth-order valence-corrected chi connectivity index (χ4v) is 1.29. The fourth-order valence-electron chi connectivity index (χ4n) is 1.29. The van der Waals surface area contributed by atoms with Crippen molar-refractivity contribution in [2.75, 3.05) is 0 Å². The number of Topliss-reactive ketones (excluding diaryl/α,β-unsaturated/α-hetero) is 1. The molecule has 0 aromatic rings. The molecule has 0 bridgehead atoms. The van der Waals surface area contributed by atoms with E-state index in [1.165, 1.54) is 0 Å². The summed E-state index contributed by atoms with van der Waals surface area (Å²) in [6.45, 7) is 12.3. The molecule has 0 saturated carbocycles. The number of hydrogen-bond acceptors (Lipinski definition) is 1. The van der Waals surface area contributed by atoms with Gasteiger partial charge in [0.05, 0.1) is 0 Å². The minimum absolute atomic E-state index is 0.178. The molecule has 0 amide bonds. The van der Waals surface area contributed by atoms with Gasteiger partial charge in [0.2, 0.25) is 0 Å². The largest absolute Gasteiger partial charge is 0.299 e. The first kappa shape index (κ1) is 11.7. The van der Waals surface area contributed by atoms with Crippen LogP contribution in [0.5, 0.6) is 0 Å². The van der Waals surface area contributed by atoms with Crippen LogP contribution in [0.15, 0.2) is 0 Å². The zero-order chi connectivity index (χ0) is 9.94. The van der Waals surface area contributed by atoms with Crippen molar-refractivity contribution in [3.8, 4) is 0 Å². The molecule has 0 aliphatic rings. The maximum Gasteiger partial charge on any atom is 0.141 e. The molecule has 0 aromatic heterocycles. The Hall–Kier alpha value is -0.330. The molecule has 0 spiro atoms. The van der Waals surface area contributed by atoms with Crippen molar-refractivity contribution in [1.82, 2.24) is 0 Å². The lowest BCUT2D eigenvalue weighted by atomic mass is 9.78. The van der Waals surface area contributed by atoms with Gasteiger partial charge in [-0.15, -0.1) is 0 Å². The predicted molar refractivity (Wildman–Crippen MR) is 53.1 cm³/mol. The van der Waals surface area contributed by atoms with E-state index in [4.69, 9.17) is 0 Å². The molecule has 0 aromatic carbocycles. The van der Waals surface area contributed by atoms with Gasteiger partial charge in [0.15, 0.2) is 0 Å². The average molecular weight is 170 g/mol. The van der Waals surface area contributed by atoms with Crippen LogP contribution < -0.4 is 0 Å². The van der Waals surface area contributed by atoms with Crippen LogP contribution in [-0.4, -0.2) is 5.78 Å². The molecule has 0 N–H and O–H groups in total. The van der Waals surface area contributed by atoms with Gasteiger partial charge in [-0.2, -0.15) is 0 Å². The first-order valence-electron chi connectivity index (χ1n) is 4.85. The van der Waals surface area contributed by atoms with Gasteiger partial charge >= 0.3 is 0 Å². The predicted octanol–water partition coefficient (Wildman–Crippen LogP) is 3.28. The van der Waals surface area contributed by atoms with Crippen molar-refractivity contribution in [1.29, 1.82) is 0 Å². The van der Waals surface area contributed by atoms with Crippen LogP contribution >= 0.6 is 0 Å². The van der Waals surface area contributed by atoms with Crippen LogP contribution in [-0.2, 0) is 4.79 Å². The number of ketones is 1.